The summed E-state index contributed by atoms with van der Waals surface area (Å²) in [7, 11) is 0. The van der Waals surface area contributed by atoms with Crippen molar-refractivity contribution in [1.82, 2.24) is 0 Å². The summed E-state index contributed by atoms with van der Waals surface area (Å²) in [6.45, 7) is 6.89. The third-order valence-electron chi connectivity index (χ3n) is 2.90. The van der Waals surface area contributed by atoms with Gasteiger partial charge in [0.25, 0.3) is 5.69 Å². The van der Waals surface area contributed by atoms with Gasteiger partial charge in [0.15, 0.2) is 0 Å². The van der Waals surface area contributed by atoms with Crippen LogP contribution in [0.4, 0.5) is 11.4 Å². The Morgan fingerprint density at radius 3 is 2.68 bits per heavy atom. The first-order valence-corrected chi connectivity index (χ1v) is 6.37. The Kier molecular flexibility index (Phi) is 5.13. The molecule has 0 saturated carbocycles. The summed E-state index contributed by atoms with van der Waals surface area (Å²) in [6, 6.07) is 5.25. The summed E-state index contributed by atoms with van der Waals surface area (Å²) in [5.41, 5.74) is 1.52. The number of nitro benzene ring substituents is 1. The third-order valence-corrected chi connectivity index (χ3v) is 3.20. The van der Waals surface area contributed by atoms with Crippen molar-refractivity contribution in [2.75, 3.05) is 18.0 Å². The van der Waals surface area contributed by atoms with Gasteiger partial charge in [-0.2, -0.15) is 5.26 Å². The predicted octanol–water partition coefficient (Wildman–Crippen LogP) is 3.54. The van der Waals surface area contributed by atoms with Gasteiger partial charge in [0.05, 0.1) is 16.9 Å². The highest BCUT2D eigenvalue weighted by Gasteiger charge is 2.18. The number of nitrogens with zero attached hydrogens (tertiary/aromatic N) is 3. The van der Waals surface area contributed by atoms with Gasteiger partial charge in [-0.05, 0) is 32.4 Å². The second-order valence-corrected chi connectivity index (χ2v) is 4.82. The Morgan fingerprint density at radius 1 is 1.58 bits per heavy atom. The van der Waals surface area contributed by atoms with Crippen molar-refractivity contribution in [3.63, 3.8) is 0 Å². The van der Waals surface area contributed by atoms with Crippen molar-refractivity contribution in [1.29, 1.82) is 5.26 Å². The van der Waals surface area contributed by atoms with E-state index in [1.807, 2.05) is 18.7 Å². The molecule has 0 aliphatic rings. The van der Waals surface area contributed by atoms with Crippen LogP contribution < -0.4 is 4.90 Å². The highest BCUT2D eigenvalue weighted by atomic mass is 35.5. The highest BCUT2D eigenvalue weighted by Crippen LogP contribution is 2.32. The summed E-state index contributed by atoms with van der Waals surface area (Å²) < 4.78 is 0. The third kappa shape index (κ3) is 3.58. The molecule has 1 aromatic carbocycles. The van der Waals surface area contributed by atoms with Crippen molar-refractivity contribution in [2.24, 2.45) is 5.92 Å². The lowest BCUT2D eigenvalue weighted by Crippen LogP contribution is -2.28. The molecule has 1 unspecified atom stereocenters. The van der Waals surface area contributed by atoms with E-state index in [1.165, 1.54) is 6.07 Å². The topological polar surface area (TPSA) is 70.2 Å². The smallest absolute Gasteiger partial charge is 0.288 e. The summed E-state index contributed by atoms with van der Waals surface area (Å²) in [5.74, 6) is -0.117. The van der Waals surface area contributed by atoms with Crippen LogP contribution in [0, 0.1) is 34.3 Å². The molecule has 0 heterocycles. The van der Waals surface area contributed by atoms with Gasteiger partial charge < -0.3 is 4.90 Å². The van der Waals surface area contributed by atoms with Crippen LogP contribution in [0.25, 0.3) is 0 Å². The van der Waals surface area contributed by atoms with Gasteiger partial charge in [-0.15, -0.1) is 0 Å². The van der Waals surface area contributed by atoms with Gasteiger partial charge in [-0.1, -0.05) is 11.6 Å². The fourth-order valence-corrected chi connectivity index (χ4v) is 2.13. The molecule has 102 valence electrons. The molecule has 19 heavy (non-hydrogen) atoms. The number of aryl methyl sites for hydroxylation is 1. The zero-order valence-corrected chi connectivity index (χ0v) is 11.9. The van der Waals surface area contributed by atoms with Gasteiger partial charge in [-0.3, -0.25) is 10.1 Å². The van der Waals surface area contributed by atoms with Crippen LogP contribution in [0.2, 0.25) is 5.02 Å². The molecule has 0 N–H and O–H groups in total. The Balaban J connectivity index is 3.16. The molecule has 1 rings (SSSR count). The van der Waals surface area contributed by atoms with Crippen LogP contribution in [0.15, 0.2) is 12.1 Å². The largest absolute Gasteiger partial charge is 0.370 e. The molecule has 1 atom stereocenters. The molecule has 0 radical (unpaired) electrons. The molecule has 0 fully saturated rings. The lowest BCUT2D eigenvalue weighted by Gasteiger charge is -2.26. The Morgan fingerprint density at radius 2 is 2.21 bits per heavy atom. The zero-order chi connectivity index (χ0) is 14.6. The van der Waals surface area contributed by atoms with Gasteiger partial charge in [0.2, 0.25) is 0 Å². The molecular weight excluding hydrogens is 266 g/mol. The minimum absolute atomic E-state index is 0.0905. The summed E-state index contributed by atoms with van der Waals surface area (Å²) in [5, 5.41) is 19.8. The Hall–Kier alpha value is -1.80. The van der Waals surface area contributed by atoms with E-state index in [4.69, 9.17) is 16.9 Å². The van der Waals surface area contributed by atoms with E-state index in [1.54, 1.807) is 13.0 Å². The van der Waals surface area contributed by atoms with Crippen LogP contribution >= 0.6 is 11.6 Å². The van der Waals surface area contributed by atoms with E-state index < -0.39 is 4.92 Å². The minimum atomic E-state index is -0.493. The summed E-state index contributed by atoms with van der Waals surface area (Å²) in [6.07, 6.45) is 0. The number of halogens is 1. The quantitative estimate of drug-likeness (QED) is 0.611. The van der Waals surface area contributed by atoms with Gasteiger partial charge in [0, 0.05) is 24.8 Å². The van der Waals surface area contributed by atoms with E-state index in [9.17, 15) is 10.1 Å². The molecule has 1 aromatic rings. The molecule has 0 bridgehead atoms. The lowest BCUT2D eigenvalue weighted by atomic mass is 10.1. The number of hydrogen-bond donors (Lipinski definition) is 0. The molecule has 6 heteroatoms. The van der Waals surface area contributed by atoms with Crippen LogP contribution in [0.1, 0.15) is 19.4 Å². The molecule has 0 aliphatic heterocycles. The Labute approximate surface area is 117 Å². The average molecular weight is 282 g/mol. The fraction of sp³-hybridized carbons (Fsp3) is 0.462. The molecular formula is C13H16ClN3O2. The number of benzene rings is 1. The maximum Gasteiger partial charge on any atom is 0.288 e. The fourth-order valence-electron chi connectivity index (χ4n) is 1.91. The lowest BCUT2D eigenvalue weighted by molar-refractivity contribution is -0.384. The van der Waals surface area contributed by atoms with Crippen molar-refractivity contribution in [3.05, 3.63) is 32.8 Å². The van der Waals surface area contributed by atoms with Crippen LogP contribution in [0.3, 0.4) is 0 Å². The van der Waals surface area contributed by atoms with E-state index in [0.29, 0.717) is 13.1 Å². The van der Waals surface area contributed by atoms with Crippen LogP contribution in [-0.2, 0) is 0 Å². The number of rotatable bonds is 5. The number of anilines is 1. The number of hydrogen-bond acceptors (Lipinski definition) is 4. The van der Waals surface area contributed by atoms with Crippen LogP contribution in [-0.4, -0.2) is 18.0 Å². The normalized spacial score (nSPS) is 11.7. The van der Waals surface area contributed by atoms with E-state index in [0.717, 1.165) is 11.3 Å². The van der Waals surface area contributed by atoms with Crippen LogP contribution in [0.5, 0.6) is 0 Å². The van der Waals surface area contributed by atoms with E-state index in [-0.39, 0.29) is 16.6 Å². The monoisotopic (exact) mass is 281 g/mol. The molecule has 0 spiro atoms. The molecule has 0 aromatic heterocycles. The standard InChI is InChI=1S/C13H16ClN3O2/c1-4-16(8-9(2)7-15)12-6-11(14)13(17(18)19)5-10(12)3/h5-6,9H,4,8H2,1-3H3. The van der Waals surface area contributed by atoms with E-state index >= 15 is 0 Å². The maximum atomic E-state index is 10.8. The van der Waals surface area contributed by atoms with Crippen molar-refractivity contribution in [2.45, 2.75) is 20.8 Å². The van der Waals surface area contributed by atoms with Gasteiger partial charge in [-0.25, -0.2) is 0 Å². The molecule has 0 saturated heterocycles. The number of nitriles is 1. The van der Waals surface area contributed by atoms with E-state index in [2.05, 4.69) is 6.07 Å². The zero-order valence-electron chi connectivity index (χ0n) is 11.2. The highest BCUT2D eigenvalue weighted by molar-refractivity contribution is 6.33. The first-order chi connectivity index (χ1) is 8.90. The first kappa shape index (κ1) is 15.3. The van der Waals surface area contributed by atoms with Crippen molar-refractivity contribution < 1.29 is 4.92 Å². The molecule has 0 aliphatic carbocycles. The summed E-state index contributed by atoms with van der Waals surface area (Å²) in [4.78, 5) is 12.3. The average Bonchev–Trinajstić information content (AvgIpc) is 2.37. The number of nitro groups is 1. The summed E-state index contributed by atoms with van der Waals surface area (Å²) >= 11 is 5.93. The first-order valence-electron chi connectivity index (χ1n) is 5.99. The predicted molar refractivity (Wildman–Crippen MR) is 75.5 cm³/mol. The molecule has 0 amide bonds. The Bertz CT molecular complexity index is 525. The van der Waals surface area contributed by atoms with Crippen molar-refractivity contribution in [3.8, 4) is 6.07 Å². The SMILES string of the molecule is CCN(CC(C)C#N)c1cc(Cl)c([N+](=O)[O-])cc1C. The minimum Gasteiger partial charge on any atom is -0.370 e. The second kappa shape index (κ2) is 6.39. The second-order valence-electron chi connectivity index (χ2n) is 4.42. The van der Waals surface area contributed by atoms with Gasteiger partial charge >= 0.3 is 0 Å². The van der Waals surface area contributed by atoms with Crippen molar-refractivity contribution >= 4 is 23.0 Å². The molecule has 5 nitrogen and oxygen atoms in total. The maximum absolute atomic E-state index is 10.8. The van der Waals surface area contributed by atoms with Gasteiger partial charge in [0.1, 0.15) is 5.02 Å².